The highest BCUT2D eigenvalue weighted by Crippen LogP contribution is 2.14. The predicted octanol–water partition coefficient (Wildman–Crippen LogP) is -0.00470. The average Bonchev–Trinajstić information content (AvgIpc) is 3.03. The third-order valence-corrected chi connectivity index (χ3v) is 5.14. The number of thioether (sulfide) groups is 1. The van der Waals surface area contributed by atoms with Gasteiger partial charge in [-0.15, -0.1) is 23.1 Å². The van der Waals surface area contributed by atoms with E-state index in [2.05, 4.69) is 21.3 Å². The number of hydrogen-bond acceptors (Lipinski definition) is 6. The molecule has 2 unspecified atom stereocenters. The van der Waals surface area contributed by atoms with Crippen molar-refractivity contribution in [2.75, 3.05) is 12.8 Å². The van der Waals surface area contributed by atoms with Crippen LogP contribution < -0.4 is 21.3 Å². The van der Waals surface area contributed by atoms with Gasteiger partial charge in [-0.05, 0) is 11.4 Å². The summed E-state index contributed by atoms with van der Waals surface area (Å²) in [6, 6.07) is 3.67. The molecule has 1 aliphatic rings. The number of rotatable bonds is 7. The number of hydrogen-bond donors (Lipinski definition) is 4. The van der Waals surface area contributed by atoms with Gasteiger partial charge in [0.05, 0.1) is 12.3 Å². The van der Waals surface area contributed by atoms with Crippen LogP contribution in [0.5, 0.6) is 0 Å². The molecule has 2 atom stereocenters. The standard InChI is InChI=1S/C14H20N4O3S2/c1-15-13(21)8-23-14-17-9(6-12(20)18-14)5-11(19)16-7-10-3-2-4-22-10/h2-4,9,14,17H,5-8H2,1H3,(H,15,21)(H,16,19)(H,18,20). The van der Waals surface area contributed by atoms with Crippen LogP contribution in [0.25, 0.3) is 0 Å². The minimum absolute atomic E-state index is 0.0966. The molecule has 9 heteroatoms. The van der Waals surface area contributed by atoms with Crippen molar-refractivity contribution in [3.63, 3.8) is 0 Å². The molecule has 0 radical (unpaired) electrons. The van der Waals surface area contributed by atoms with Crippen molar-refractivity contribution >= 4 is 40.8 Å². The summed E-state index contributed by atoms with van der Waals surface area (Å²) in [6.45, 7) is 0.504. The molecule has 23 heavy (non-hydrogen) atoms. The second-order valence-electron chi connectivity index (χ2n) is 5.06. The van der Waals surface area contributed by atoms with Crippen LogP contribution in [0, 0.1) is 0 Å². The van der Waals surface area contributed by atoms with E-state index in [0.29, 0.717) is 6.54 Å². The first-order chi connectivity index (χ1) is 11.1. The highest BCUT2D eigenvalue weighted by atomic mass is 32.2. The van der Waals surface area contributed by atoms with E-state index in [4.69, 9.17) is 0 Å². The fourth-order valence-electron chi connectivity index (χ4n) is 2.09. The molecule has 7 nitrogen and oxygen atoms in total. The summed E-state index contributed by atoms with van der Waals surface area (Å²) in [4.78, 5) is 36.1. The van der Waals surface area contributed by atoms with Crippen LogP contribution in [0.2, 0.25) is 0 Å². The Morgan fingerprint density at radius 2 is 2.26 bits per heavy atom. The van der Waals surface area contributed by atoms with Crippen LogP contribution in [0.3, 0.4) is 0 Å². The zero-order valence-corrected chi connectivity index (χ0v) is 14.4. The summed E-state index contributed by atoms with van der Waals surface area (Å²) < 4.78 is 0. The Bertz CT molecular complexity index is 550. The normalized spacial score (nSPS) is 20.7. The lowest BCUT2D eigenvalue weighted by Crippen LogP contribution is -2.56. The van der Waals surface area contributed by atoms with Crippen molar-refractivity contribution in [1.29, 1.82) is 0 Å². The summed E-state index contributed by atoms with van der Waals surface area (Å²) in [5, 5.41) is 13.3. The number of amides is 3. The maximum atomic E-state index is 12.0. The van der Waals surface area contributed by atoms with E-state index >= 15 is 0 Å². The van der Waals surface area contributed by atoms with E-state index < -0.39 is 0 Å². The van der Waals surface area contributed by atoms with E-state index in [0.717, 1.165) is 4.88 Å². The molecule has 0 bridgehead atoms. The second kappa shape index (κ2) is 8.90. The van der Waals surface area contributed by atoms with Gasteiger partial charge in [0.25, 0.3) is 0 Å². The van der Waals surface area contributed by atoms with Gasteiger partial charge in [0.15, 0.2) is 0 Å². The molecule has 1 aromatic rings. The Kier molecular flexibility index (Phi) is 6.87. The van der Waals surface area contributed by atoms with Crippen molar-refractivity contribution in [3.05, 3.63) is 22.4 Å². The van der Waals surface area contributed by atoms with Gasteiger partial charge in [0.1, 0.15) is 5.50 Å². The van der Waals surface area contributed by atoms with Gasteiger partial charge in [-0.1, -0.05) is 6.07 Å². The third-order valence-electron chi connectivity index (χ3n) is 3.24. The summed E-state index contributed by atoms with van der Waals surface area (Å²) in [5.74, 6) is -0.0807. The SMILES string of the molecule is CNC(=O)CSC1NC(=O)CC(CC(=O)NCc2cccs2)N1. The molecule has 0 saturated carbocycles. The summed E-state index contributed by atoms with van der Waals surface area (Å²) in [5.41, 5.74) is -0.358. The Morgan fingerprint density at radius 3 is 2.96 bits per heavy atom. The zero-order chi connectivity index (χ0) is 16.7. The third kappa shape index (κ3) is 6.20. The number of carbonyl (C=O) groups is 3. The monoisotopic (exact) mass is 356 g/mol. The molecule has 4 N–H and O–H groups in total. The molecule has 3 amide bonds. The highest BCUT2D eigenvalue weighted by Gasteiger charge is 2.27. The van der Waals surface area contributed by atoms with Crippen LogP contribution in [0.1, 0.15) is 17.7 Å². The first-order valence-electron chi connectivity index (χ1n) is 7.23. The predicted molar refractivity (Wildman–Crippen MR) is 90.8 cm³/mol. The minimum Gasteiger partial charge on any atom is -0.358 e. The lowest BCUT2D eigenvalue weighted by Gasteiger charge is -2.30. The van der Waals surface area contributed by atoms with Gasteiger partial charge in [0, 0.05) is 30.8 Å². The Hall–Kier alpha value is -1.58. The molecular formula is C14H20N4O3S2. The smallest absolute Gasteiger partial charge is 0.229 e. The fourth-order valence-corrected chi connectivity index (χ4v) is 3.70. The number of thiophene rings is 1. The van der Waals surface area contributed by atoms with E-state index in [-0.39, 0.29) is 47.9 Å². The van der Waals surface area contributed by atoms with Crippen molar-refractivity contribution < 1.29 is 14.4 Å². The molecule has 1 aromatic heterocycles. The Morgan fingerprint density at radius 1 is 1.43 bits per heavy atom. The fraction of sp³-hybridized carbons (Fsp3) is 0.500. The summed E-state index contributed by atoms with van der Waals surface area (Å²) in [7, 11) is 1.57. The molecular weight excluding hydrogens is 336 g/mol. The van der Waals surface area contributed by atoms with Crippen molar-refractivity contribution in [1.82, 2.24) is 21.3 Å². The lowest BCUT2D eigenvalue weighted by molar-refractivity contribution is -0.125. The molecule has 0 aliphatic carbocycles. The maximum Gasteiger partial charge on any atom is 0.229 e. The van der Waals surface area contributed by atoms with Crippen LogP contribution in [0.4, 0.5) is 0 Å². The quantitative estimate of drug-likeness (QED) is 0.551. The molecule has 0 spiro atoms. The molecule has 2 rings (SSSR count). The molecule has 2 heterocycles. The van der Waals surface area contributed by atoms with Crippen LogP contribution >= 0.6 is 23.1 Å². The van der Waals surface area contributed by atoms with E-state index in [1.54, 1.807) is 18.4 Å². The Labute approximate surface area is 143 Å². The molecule has 1 fully saturated rings. The van der Waals surface area contributed by atoms with Crippen molar-refractivity contribution in [2.24, 2.45) is 0 Å². The van der Waals surface area contributed by atoms with E-state index in [9.17, 15) is 14.4 Å². The molecule has 1 aliphatic heterocycles. The largest absolute Gasteiger partial charge is 0.358 e. The zero-order valence-electron chi connectivity index (χ0n) is 12.8. The van der Waals surface area contributed by atoms with Gasteiger partial charge in [-0.25, -0.2) is 0 Å². The first-order valence-corrected chi connectivity index (χ1v) is 9.16. The van der Waals surface area contributed by atoms with E-state index in [1.807, 2.05) is 17.5 Å². The van der Waals surface area contributed by atoms with Crippen LogP contribution in [-0.2, 0) is 20.9 Å². The number of nitrogens with one attached hydrogen (secondary N) is 4. The van der Waals surface area contributed by atoms with Crippen LogP contribution in [0.15, 0.2) is 17.5 Å². The first kappa shape index (κ1) is 17.8. The van der Waals surface area contributed by atoms with Gasteiger partial charge in [-0.2, -0.15) is 0 Å². The highest BCUT2D eigenvalue weighted by molar-refractivity contribution is 8.00. The van der Waals surface area contributed by atoms with Gasteiger partial charge < -0.3 is 16.0 Å². The van der Waals surface area contributed by atoms with Gasteiger partial charge >= 0.3 is 0 Å². The lowest BCUT2D eigenvalue weighted by atomic mass is 10.1. The molecule has 1 saturated heterocycles. The molecule has 126 valence electrons. The second-order valence-corrected chi connectivity index (χ2v) is 7.19. The van der Waals surface area contributed by atoms with Gasteiger partial charge in [-0.3, -0.25) is 19.7 Å². The Balaban J connectivity index is 1.75. The topological polar surface area (TPSA) is 99.3 Å². The van der Waals surface area contributed by atoms with Crippen molar-refractivity contribution in [3.8, 4) is 0 Å². The van der Waals surface area contributed by atoms with E-state index in [1.165, 1.54) is 11.8 Å². The van der Waals surface area contributed by atoms with Crippen molar-refractivity contribution in [2.45, 2.75) is 30.9 Å². The summed E-state index contributed by atoms with van der Waals surface area (Å²) in [6.07, 6.45) is 0.485. The minimum atomic E-state index is -0.358. The number of carbonyl (C=O) groups excluding carboxylic acids is 3. The summed E-state index contributed by atoms with van der Waals surface area (Å²) >= 11 is 2.88. The van der Waals surface area contributed by atoms with Gasteiger partial charge in [0.2, 0.25) is 17.7 Å². The maximum absolute atomic E-state index is 12.0. The average molecular weight is 356 g/mol. The molecule has 0 aromatic carbocycles. The van der Waals surface area contributed by atoms with Crippen LogP contribution in [-0.4, -0.2) is 42.1 Å².